The molecule has 108 valence electrons. The molecule has 0 amide bonds. The fraction of sp³-hybridized carbons (Fsp3) is 0.786. The van der Waals surface area contributed by atoms with Gasteiger partial charge in [0.1, 0.15) is 5.82 Å². The predicted octanol–water partition coefficient (Wildman–Crippen LogP) is 3.13. The second-order valence-electron chi connectivity index (χ2n) is 6.05. The van der Waals surface area contributed by atoms with Gasteiger partial charge in [-0.25, -0.2) is 0 Å². The zero-order valence-electron chi connectivity index (χ0n) is 13.0. The fourth-order valence-electron chi connectivity index (χ4n) is 1.40. The van der Waals surface area contributed by atoms with E-state index in [1.165, 1.54) is 0 Å². The van der Waals surface area contributed by atoms with Gasteiger partial charge in [-0.05, 0) is 11.8 Å². The summed E-state index contributed by atoms with van der Waals surface area (Å²) in [5.74, 6) is 3.57. The van der Waals surface area contributed by atoms with Gasteiger partial charge in [0.25, 0.3) is 0 Å². The van der Waals surface area contributed by atoms with Crippen LogP contribution in [0.1, 0.15) is 53.3 Å². The lowest BCUT2D eigenvalue weighted by molar-refractivity contribution is 0.672. The Balaban J connectivity index is 2.84. The van der Waals surface area contributed by atoms with Crippen LogP contribution in [0, 0.1) is 11.8 Å². The molecule has 0 bridgehead atoms. The Bertz CT molecular complexity index is 357. The molecular formula is C14H27N5. The summed E-state index contributed by atoms with van der Waals surface area (Å²) < 4.78 is 0. The predicted molar refractivity (Wildman–Crippen MR) is 80.6 cm³/mol. The second-order valence-corrected chi connectivity index (χ2v) is 6.05. The molecule has 1 aromatic heterocycles. The highest BCUT2D eigenvalue weighted by atomic mass is 15.2. The largest absolute Gasteiger partial charge is 0.354 e. The highest BCUT2D eigenvalue weighted by Crippen LogP contribution is 2.14. The standard InChI is InChI=1S/C14H27N5/c1-9(2)7-15-13-17-12(11(5)6)18-14(19-13)16-8-10(3)4/h9-11H,7-8H2,1-6H3,(H2,15,16,17,18,19). The van der Waals surface area contributed by atoms with Crippen LogP contribution in [0.5, 0.6) is 0 Å². The first-order valence-corrected chi connectivity index (χ1v) is 7.12. The smallest absolute Gasteiger partial charge is 0.227 e. The summed E-state index contributed by atoms with van der Waals surface area (Å²) in [7, 11) is 0. The average Bonchev–Trinajstić information content (AvgIpc) is 2.33. The number of rotatable bonds is 7. The van der Waals surface area contributed by atoms with Gasteiger partial charge >= 0.3 is 0 Å². The summed E-state index contributed by atoms with van der Waals surface area (Å²) in [6.45, 7) is 14.6. The Labute approximate surface area is 116 Å². The van der Waals surface area contributed by atoms with Crippen LogP contribution in [0.3, 0.4) is 0 Å². The zero-order valence-corrected chi connectivity index (χ0v) is 13.0. The SMILES string of the molecule is CC(C)CNc1nc(NCC(C)C)nc(C(C)C)n1. The molecule has 0 atom stereocenters. The fourth-order valence-corrected chi connectivity index (χ4v) is 1.40. The van der Waals surface area contributed by atoms with Crippen molar-refractivity contribution in [2.75, 3.05) is 23.7 Å². The summed E-state index contributed by atoms with van der Waals surface area (Å²) in [5, 5.41) is 6.53. The summed E-state index contributed by atoms with van der Waals surface area (Å²) in [5.41, 5.74) is 0. The van der Waals surface area contributed by atoms with Gasteiger partial charge in [-0.3, -0.25) is 0 Å². The van der Waals surface area contributed by atoms with E-state index in [1.54, 1.807) is 0 Å². The van der Waals surface area contributed by atoms with Crippen molar-refractivity contribution in [3.05, 3.63) is 5.82 Å². The Hall–Kier alpha value is -1.39. The van der Waals surface area contributed by atoms with Crippen molar-refractivity contribution in [2.24, 2.45) is 11.8 Å². The molecule has 0 spiro atoms. The van der Waals surface area contributed by atoms with E-state index >= 15 is 0 Å². The molecule has 19 heavy (non-hydrogen) atoms. The zero-order chi connectivity index (χ0) is 14.4. The maximum atomic E-state index is 4.46. The van der Waals surface area contributed by atoms with Crippen LogP contribution >= 0.6 is 0 Å². The number of anilines is 2. The molecule has 1 rings (SSSR count). The molecule has 1 heterocycles. The summed E-state index contributed by atoms with van der Waals surface area (Å²) in [4.78, 5) is 13.3. The van der Waals surface area contributed by atoms with E-state index in [0.717, 1.165) is 18.9 Å². The minimum atomic E-state index is 0.294. The van der Waals surface area contributed by atoms with Crippen molar-refractivity contribution in [3.63, 3.8) is 0 Å². The van der Waals surface area contributed by atoms with E-state index in [2.05, 4.69) is 67.1 Å². The van der Waals surface area contributed by atoms with Crippen molar-refractivity contribution in [1.82, 2.24) is 15.0 Å². The molecule has 0 aliphatic rings. The van der Waals surface area contributed by atoms with E-state index in [9.17, 15) is 0 Å². The van der Waals surface area contributed by atoms with Crippen molar-refractivity contribution in [1.29, 1.82) is 0 Å². The minimum absolute atomic E-state index is 0.294. The van der Waals surface area contributed by atoms with Crippen molar-refractivity contribution >= 4 is 11.9 Å². The maximum Gasteiger partial charge on any atom is 0.227 e. The third kappa shape index (κ3) is 5.85. The molecule has 0 aromatic carbocycles. The van der Waals surface area contributed by atoms with Crippen LogP contribution < -0.4 is 10.6 Å². The van der Waals surface area contributed by atoms with Gasteiger partial charge in [-0.15, -0.1) is 0 Å². The highest BCUT2D eigenvalue weighted by molar-refractivity contribution is 5.35. The normalized spacial score (nSPS) is 11.4. The number of aromatic nitrogens is 3. The van der Waals surface area contributed by atoms with Gasteiger partial charge in [-0.2, -0.15) is 15.0 Å². The lowest BCUT2D eigenvalue weighted by atomic mass is 10.2. The van der Waals surface area contributed by atoms with E-state index in [4.69, 9.17) is 0 Å². The third-order valence-electron chi connectivity index (χ3n) is 2.51. The Morgan fingerprint density at radius 2 is 1.16 bits per heavy atom. The molecule has 0 aliphatic heterocycles. The number of nitrogens with one attached hydrogen (secondary N) is 2. The first-order valence-electron chi connectivity index (χ1n) is 7.12. The topological polar surface area (TPSA) is 62.7 Å². The lowest BCUT2D eigenvalue weighted by Crippen LogP contribution is -2.16. The molecule has 0 radical (unpaired) electrons. The van der Waals surface area contributed by atoms with Crippen molar-refractivity contribution in [2.45, 2.75) is 47.5 Å². The highest BCUT2D eigenvalue weighted by Gasteiger charge is 2.10. The maximum absolute atomic E-state index is 4.46. The Kier molecular flexibility index (Phi) is 5.99. The number of hydrogen-bond donors (Lipinski definition) is 2. The van der Waals surface area contributed by atoms with E-state index in [0.29, 0.717) is 29.7 Å². The van der Waals surface area contributed by atoms with Crippen LogP contribution in [-0.4, -0.2) is 28.0 Å². The molecule has 0 saturated carbocycles. The second kappa shape index (κ2) is 7.26. The molecule has 0 unspecified atom stereocenters. The molecule has 5 nitrogen and oxygen atoms in total. The first kappa shape index (κ1) is 15.7. The number of nitrogens with zero attached hydrogens (tertiary/aromatic N) is 3. The third-order valence-corrected chi connectivity index (χ3v) is 2.51. The monoisotopic (exact) mass is 265 g/mol. The molecule has 0 aliphatic carbocycles. The quantitative estimate of drug-likeness (QED) is 0.793. The molecular weight excluding hydrogens is 238 g/mol. The minimum Gasteiger partial charge on any atom is -0.354 e. The van der Waals surface area contributed by atoms with Gasteiger partial charge in [0.15, 0.2) is 0 Å². The summed E-state index contributed by atoms with van der Waals surface area (Å²) in [6.07, 6.45) is 0. The van der Waals surface area contributed by atoms with E-state index in [1.807, 2.05) is 0 Å². The molecule has 0 saturated heterocycles. The van der Waals surface area contributed by atoms with Gasteiger partial charge in [0.2, 0.25) is 11.9 Å². The molecule has 2 N–H and O–H groups in total. The van der Waals surface area contributed by atoms with Crippen LogP contribution in [0.4, 0.5) is 11.9 Å². The van der Waals surface area contributed by atoms with E-state index < -0.39 is 0 Å². The first-order chi connectivity index (χ1) is 8.88. The van der Waals surface area contributed by atoms with Crippen molar-refractivity contribution in [3.8, 4) is 0 Å². The van der Waals surface area contributed by atoms with E-state index in [-0.39, 0.29) is 0 Å². The Morgan fingerprint density at radius 1 is 0.737 bits per heavy atom. The van der Waals surface area contributed by atoms with Crippen LogP contribution in [0.2, 0.25) is 0 Å². The van der Waals surface area contributed by atoms with Crippen LogP contribution in [-0.2, 0) is 0 Å². The van der Waals surface area contributed by atoms with Crippen LogP contribution in [0.25, 0.3) is 0 Å². The van der Waals surface area contributed by atoms with Crippen molar-refractivity contribution < 1.29 is 0 Å². The number of hydrogen-bond acceptors (Lipinski definition) is 5. The van der Waals surface area contributed by atoms with Gasteiger partial charge in [0.05, 0.1) is 0 Å². The van der Waals surface area contributed by atoms with Crippen LogP contribution in [0.15, 0.2) is 0 Å². The molecule has 5 heteroatoms. The average molecular weight is 265 g/mol. The summed E-state index contributed by atoms with van der Waals surface area (Å²) in [6, 6.07) is 0. The Morgan fingerprint density at radius 3 is 1.47 bits per heavy atom. The lowest BCUT2D eigenvalue weighted by Gasteiger charge is -2.13. The van der Waals surface area contributed by atoms with Gasteiger partial charge < -0.3 is 10.6 Å². The molecule has 0 fully saturated rings. The van der Waals surface area contributed by atoms with Gasteiger partial charge in [-0.1, -0.05) is 41.5 Å². The molecule has 1 aromatic rings. The van der Waals surface area contributed by atoms with Gasteiger partial charge in [0, 0.05) is 19.0 Å². The summed E-state index contributed by atoms with van der Waals surface area (Å²) >= 11 is 0.